The number of aliphatic imine (C=N–C) groups is 2. The van der Waals surface area contributed by atoms with E-state index < -0.39 is 0 Å². The molecule has 2 aromatic carbocycles. The number of hydroxylamine groups is 2. The van der Waals surface area contributed by atoms with E-state index in [0.29, 0.717) is 28.2 Å². The molecule has 8 heteroatoms. The number of aromatic hydroxyl groups is 2. The van der Waals surface area contributed by atoms with Gasteiger partial charge < -0.3 is 19.8 Å². The third-order valence-corrected chi connectivity index (χ3v) is 9.26. The van der Waals surface area contributed by atoms with Crippen LogP contribution in [0.25, 0.3) is 0 Å². The first-order valence-corrected chi connectivity index (χ1v) is 18.3. The highest BCUT2D eigenvalue weighted by Crippen LogP contribution is 2.43. The summed E-state index contributed by atoms with van der Waals surface area (Å²) in [5.74, 6) is 2.67. The molecule has 262 valence electrons. The van der Waals surface area contributed by atoms with Gasteiger partial charge in [0.1, 0.15) is 17.2 Å². The van der Waals surface area contributed by atoms with E-state index in [1.807, 2.05) is 24.3 Å². The molecular formula is C39H61N3O4S. The molecule has 7 nitrogen and oxygen atoms in total. The second-order valence-electron chi connectivity index (χ2n) is 16.9. The number of rotatable bonds is 10. The molecule has 1 heterocycles. The molecule has 3 rings (SSSR count). The zero-order chi connectivity index (χ0) is 35.4. The van der Waals surface area contributed by atoms with Crippen LogP contribution < -0.4 is 9.57 Å². The van der Waals surface area contributed by atoms with Gasteiger partial charge in [-0.25, -0.2) is 4.99 Å². The molecule has 0 bridgehead atoms. The van der Waals surface area contributed by atoms with E-state index in [1.165, 1.54) is 32.1 Å². The Labute approximate surface area is 289 Å². The van der Waals surface area contributed by atoms with Crippen LogP contribution in [0, 0.1) is 0 Å². The highest BCUT2D eigenvalue weighted by molar-refractivity contribution is 8.13. The molecule has 2 aromatic rings. The molecule has 0 radical (unpaired) electrons. The Hall–Kier alpha value is -2.87. The number of amidine groups is 2. The zero-order valence-corrected chi connectivity index (χ0v) is 32.2. The molecule has 0 aromatic heterocycles. The van der Waals surface area contributed by atoms with Gasteiger partial charge in [0.15, 0.2) is 17.6 Å². The predicted octanol–water partition coefficient (Wildman–Crippen LogP) is 10.7. The summed E-state index contributed by atoms with van der Waals surface area (Å²) in [6, 6.07) is 7.86. The van der Waals surface area contributed by atoms with Crippen molar-refractivity contribution < 1.29 is 19.8 Å². The lowest BCUT2D eigenvalue weighted by Crippen LogP contribution is -2.41. The van der Waals surface area contributed by atoms with Crippen LogP contribution in [0.15, 0.2) is 34.3 Å². The van der Waals surface area contributed by atoms with Crippen LogP contribution in [-0.2, 0) is 21.7 Å². The quantitative estimate of drug-likeness (QED) is 0.245. The molecule has 0 fully saturated rings. The summed E-state index contributed by atoms with van der Waals surface area (Å²) in [5, 5.41) is 24.8. The highest BCUT2D eigenvalue weighted by atomic mass is 32.2. The summed E-state index contributed by atoms with van der Waals surface area (Å²) >= 11 is 1.64. The van der Waals surface area contributed by atoms with Crippen LogP contribution in [-0.4, -0.2) is 38.9 Å². The smallest absolute Gasteiger partial charge is 0.336 e. The average Bonchev–Trinajstić information content (AvgIpc) is 2.93. The fourth-order valence-electron chi connectivity index (χ4n) is 5.47. The normalized spacial score (nSPS) is 14.6. The fourth-order valence-corrected chi connectivity index (χ4v) is 6.29. The summed E-state index contributed by atoms with van der Waals surface area (Å²) in [4.78, 5) is 16.1. The Morgan fingerprint density at radius 3 is 1.53 bits per heavy atom. The van der Waals surface area contributed by atoms with Crippen molar-refractivity contribution in [3.05, 3.63) is 46.5 Å². The van der Waals surface area contributed by atoms with Gasteiger partial charge in [0.05, 0.1) is 0 Å². The minimum Gasteiger partial charge on any atom is -0.507 e. The first kappa shape index (κ1) is 38.6. The molecule has 1 aliphatic rings. The fraction of sp³-hybridized carbons (Fsp3) is 0.641. The number of phenols is 2. The number of unbranched alkanes of at least 4 members (excludes halogenated alkanes) is 5. The Morgan fingerprint density at radius 1 is 0.660 bits per heavy atom. The molecule has 0 amide bonds. The third-order valence-electron chi connectivity index (χ3n) is 8.29. The molecule has 0 spiro atoms. The number of benzene rings is 2. The van der Waals surface area contributed by atoms with E-state index in [-0.39, 0.29) is 34.4 Å². The maximum Gasteiger partial charge on any atom is 0.336 e. The van der Waals surface area contributed by atoms with Gasteiger partial charge in [0.2, 0.25) is 0 Å². The Bertz CT molecular complexity index is 1370. The third kappa shape index (κ3) is 10.6. The molecule has 2 N–H and O–H groups in total. The minimum absolute atomic E-state index is 0.199. The first-order valence-electron chi connectivity index (χ1n) is 17.3. The largest absolute Gasteiger partial charge is 0.507 e. The Morgan fingerprint density at radius 2 is 1.09 bits per heavy atom. The van der Waals surface area contributed by atoms with E-state index >= 15 is 0 Å². The molecule has 0 aliphatic carbocycles. The van der Waals surface area contributed by atoms with Crippen LogP contribution >= 0.6 is 11.8 Å². The van der Waals surface area contributed by atoms with Crippen molar-refractivity contribution in [3.8, 4) is 23.0 Å². The van der Waals surface area contributed by atoms with Crippen LogP contribution in [0.1, 0.15) is 151 Å². The summed E-state index contributed by atoms with van der Waals surface area (Å²) in [6.45, 7) is 27.4. The molecule has 1 aliphatic heterocycles. The molecule has 0 saturated carbocycles. The SMILES string of the molecule is CCCCCCCCSC1=NCN(Oc2cc(C(C)(C)C)c(O)c(C(C)(C)C)c2)C(Oc2cc(C(C)(C)C)c(O)c(C(C)(C)C)c2)=N1. The van der Waals surface area contributed by atoms with E-state index in [2.05, 4.69) is 90.0 Å². The maximum atomic E-state index is 11.3. The number of hydrogen-bond acceptors (Lipinski definition) is 8. The van der Waals surface area contributed by atoms with Gasteiger partial charge in [0, 0.05) is 28.0 Å². The minimum atomic E-state index is -0.313. The molecular weight excluding hydrogens is 607 g/mol. The Balaban J connectivity index is 2.02. The second kappa shape index (κ2) is 15.1. The monoisotopic (exact) mass is 667 g/mol. The van der Waals surface area contributed by atoms with Crippen molar-refractivity contribution in [3.63, 3.8) is 0 Å². The molecule has 47 heavy (non-hydrogen) atoms. The van der Waals surface area contributed by atoms with Gasteiger partial charge in [0.25, 0.3) is 0 Å². The van der Waals surface area contributed by atoms with Gasteiger partial charge in [-0.15, -0.1) is 5.06 Å². The van der Waals surface area contributed by atoms with Gasteiger partial charge in [-0.2, -0.15) is 4.99 Å². The topological polar surface area (TPSA) is 86.9 Å². The zero-order valence-electron chi connectivity index (χ0n) is 31.4. The number of phenolic OH excluding ortho intramolecular Hbond substituents is 2. The average molecular weight is 668 g/mol. The van der Waals surface area contributed by atoms with Crippen LogP contribution in [0.4, 0.5) is 0 Å². The Kier molecular flexibility index (Phi) is 12.4. The molecule has 0 saturated heterocycles. The number of thioether (sulfide) groups is 1. The van der Waals surface area contributed by atoms with Gasteiger partial charge in [-0.05, 0) is 52.3 Å². The van der Waals surface area contributed by atoms with E-state index in [9.17, 15) is 10.2 Å². The van der Waals surface area contributed by atoms with Gasteiger partial charge >= 0.3 is 6.02 Å². The van der Waals surface area contributed by atoms with Crippen molar-refractivity contribution in [2.75, 3.05) is 12.4 Å². The summed E-state index contributed by atoms with van der Waals surface area (Å²) in [7, 11) is 0. The van der Waals surface area contributed by atoms with Crippen molar-refractivity contribution >= 4 is 23.0 Å². The summed E-state index contributed by atoms with van der Waals surface area (Å²) in [5.41, 5.74) is 1.97. The second-order valence-corrected chi connectivity index (χ2v) is 18.0. The van der Waals surface area contributed by atoms with Crippen LogP contribution in [0.3, 0.4) is 0 Å². The van der Waals surface area contributed by atoms with Gasteiger partial charge in [-0.1, -0.05) is 134 Å². The lowest BCUT2D eigenvalue weighted by Gasteiger charge is -2.31. The first-order chi connectivity index (χ1) is 21.6. The lowest BCUT2D eigenvalue weighted by molar-refractivity contribution is 0.00276. The number of ether oxygens (including phenoxy) is 1. The van der Waals surface area contributed by atoms with Crippen molar-refractivity contribution in [2.45, 2.75) is 150 Å². The summed E-state index contributed by atoms with van der Waals surface area (Å²) in [6.07, 6.45) is 7.40. The number of hydrogen-bond donors (Lipinski definition) is 2. The van der Waals surface area contributed by atoms with E-state index in [4.69, 9.17) is 19.6 Å². The molecule has 0 atom stereocenters. The van der Waals surface area contributed by atoms with E-state index in [0.717, 1.165) is 34.4 Å². The highest BCUT2D eigenvalue weighted by Gasteiger charge is 2.31. The van der Waals surface area contributed by atoms with Crippen molar-refractivity contribution in [2.24, 2.45) is 9.98 Å². The number of nitrogens with zero attached hydrogens (tertiary/aromatic N) is 3. The standard InChI is InChI=1S/C39H61N3O4S/c1-14-15-16-17-18-19-20-47-34-40-25-42(46-27-23-30(38(8,9)10)33(44)31(24-27)39(11,12)13)35(41-34)45-26-21-28(36(2,3)4)32(43)29(22-26)37(5,6)7/h21-24,43-44H,14-20,25H2,1-13H3. The predicted molar refractivity (Wildman–Crippen MR) is 200 cm³/mol. The lowest BCUT2D eigenvalue weighted by atomic mass is 9.79. The van der Waals surface area contributed by atoms with Crippen LogP contribution in [0.5, 0.6) is 23.0 Å². The van der Waals surface area contributed by atoms with Gasteiger partial charge in [-0.3, -0.25) is 0 Å². The van der Waals surface area contributed by atoms with Crippen molar-refractivity contribution in [1.29, 1.82) is 0 Å². The molecule has 0 unspecified atom stereocenters. The van der Waals surface area contributed by atoms with E-state index in [1.54, 1.807) is 16.8 Å². The van der Waals surface area contributed by atoms with Crippen LogP contribution in [0.2, 0.25) is 0 Å². The van der Waals surface area contributed by atoms with Crippen molar-refractivity contribution in [1.82, 2.24) is 5.06 Å². The summed E-state index contributed by atoms with van der Waals surface area (Å²) < 4.78 is 6.58. The maximum absolute atomic E-state index is 11.3.